The van der Waals surface area contributed by atoms with Crippen LogP contribution >= 0.6 is 0 Å². The zero-order chi connectivity index (χ0) is 10.3. The van der Waals surface area contributed by atoms with Crippen LogP contribution in [0.5, 0.6) is 17.2 Å². The van der Waals surface area contributed by atoms with Crippen molar-refractivity contribution in [1.82, 2.24) is 0 Å². The molecule has 0 bridgehead atoms. The van der Waals surface area contributed by atoms with Gasteiger partial charge < -0.3 is 14.2 Å². The molecule has 0 radical (unpaired) electrons. The van der Waals surface area contributed by atoms with Crippen molar-refractivity contribution >= 4 is 0 Å². The van der Waals surface area contributed by atoms with Crippen molar-refractivity contribution in [2.45, 2.75) is 13.2 Å². The predicted molar refractivity (Wildman–Crippen MR) is 43.9 cm³/mol. The van der Waals surface area contributed by atoms with Crippen LogP contribution in [0, 0.1) is 6.92 Å². The first-order valence-corrected chi connectivity index (χ1v) is 3.96. The third-order valence-corrected chi connectivity index (χ3v) is 1.83. The van der Waals surface area contributed by atoms with E-state index < -0.39 is 6.29 Å². The summed E-state index contributed by atoms with van der Waals surface area (Å²) in [5, 5.41) is 0. The minimum absolute atomic E-state index is 0.00634. The number of halogens is 2. The molecule has 3 nitrogen and oxygen atoms in total. The summed E-state index contributed by atoms with van der Waals surface area (Å²) in [5.74, 6) is 0.201. The number of alkyl halides is 2. The van der Waals surface area contributed by atoms with Crippen LogP contribution in [-0.2, 0) is 0 Å². The van der Waals surface area contributed by atoms with E-state index in [1.54, 1.807) is 13.0 Å². The third-order valence-electron chi connectivity index (χ3n) is 1.83. The van der Waals surface area contributed by atoms with E-state index in [4.69, 9.17) is 4.74 Å². The Morgan fingerprint density at radius 1 is 1.29 bits per heavy atom. The van der Waals surface area contributed by atoms with Gasteiger partial charge in [-0.2, -0.15) is 0 Å². The van der Waals surface area contributed by atoms with E-state index in [1.165, 1.54) is 13.2 Å². The summed E-state index contributed by atoms with van der Waals surface area (Å²) in [7, 11) is 1.38. The molecule has 1 heterocycles. The third kappa shape index (κ3) is 1.34. The normalized spacial score (nSPS) is 16.9. The molecule has 0 aliphatic carbocycles. The number of hydrogen-bond donors (Lipinski definition) is 0. The highest BCUT2D eigenvalue weighted by molar-refractivity contribution is 5.55. The number of methoxy groups -OCH3 is 1. The van der Waals surface area contributed by atoms with Gasteiger partial charge in [-0.15, -0.1) is 8.78 Å². The summed E-state index contributed by atoms with van der Waals surface area (Å²) in [4.78, 5) is 0. The van der Waals surface area contributed by atoms with Gasteiger partial charge in [-0.25, -0.2) is 0 Å². The van der Waals surface area contributed by atoms with Gasteiger partial charge in [0, 0.05) is 0 Å². The molecule has 0 atom stereocenters. The van der Waals surface area contributed by atoms with Crippen LogP contribution in [0.25, 0.3) is 0 Å². The van der Waals surface area contributed by atoms with Gasteiger partial charge in [0.1, 0.15) is 0 Å². The van der Waals surface area contributed by atoms with Crippen molar-refractivity contribution in [3.63, 3.8) is 0 Å². The van der Waals surface area contributed by atoms with E-state index in [-0.39, 0.29) is 17.2 Å². The van der Waals surface area contributed by atoms with Crippen LogP contribution in [-0.4, -0.2) is 13.4 Å². The van der Waals surface area contributed by atoms with E-state index in [1.807, 2.05) is 0 Å². The van der Waals surface area contributed by atoms with Gasteiger partial charge in [-0.3, -0.25) is 0 Å². The Morgan fingerprint density at radius 2 is 2.00 bits per heavy atom. The highest BCUT2D eigenvalue weighted by Crippen LogP contribution is 2.47. The average molecular weight is 202 g/mol. The summed E-state index contributed by atoms with van der Waals surface area (Å²) in [6.07, 6.45) is -3.59. The van der Waals surface area contributed by atoms with Crippen molar-refractivity contribution in [2.75, 3.05) is 7.11 Å². The van der Waals surface area contributed by atoms with E-state index in [2.05, 4.69) is 9.47 Å². The molecule has 1 aliphatic rings. The van der Waals surface area contributed by atoms with E-state index in [0.717, 1.165) is 5.56 Å². The van der Waals surface area contributed by atoms with Crippen molar-refractivity contribution in [2.24, 2.45) is 0 Å². The van der Waals surface area contributed by atoms with Crippen LogP contribution in [0.3, 0.4) is 0 Å². The zero-order valence-corrected chi connectivity index (χ0v) is 7.64. The Labute approximate surface area is 79.2 Å². The van der Waals surface area contributed by atoms with Crippen molar-refractivity contribution < 1.29 is 23.0 Å². The van der Waals surface area contributed by atoms with Gasteiger partial charge in [0.2, 0.25) is 5.75 Å². The lowest BCUT2D eigenvalue weighted by Gasteiger charge is -2.06. The van der Waals surface area contributed by atoms with Crippen LogP contribution < -0.4 is 14.2 Å². The molecule has 76 valence electrons. The second kappa shape index (κ2) is 2.73. The van der Waals surface area contributed by atoms with Crippen molar-refractivity contribution in [3.05, 3.63) is 17.7 Å². The maximum Gasteiger partial charge on any atom is 0.586 e. The first kappa shape index (κ1) is 9.05. The minimum atomic E-state index is -3.59. The molecule has 1 aliphatic heterocycles. The van der Waals surface area contributed by atoms with Gasteiger partial charge in [0.05, 0.1) is 7.11 Å². The number of aryl methyl sites for hydroxylation is 1. The highest BCUT2D eigenvalue weighted by Gasteiger charge is 2.45. The van der Waals surface area contributed by atoms with Gasteiger partial charge in [0.15, 0.2) is 11.5 Å². The van der Waals surface area contributed by atoms with Gasteiger partial charge in [-0.05, 0) is 24.6 Å². The Hall–Kier alpha value is -1.52. The Morgan fingerprint density at radius 3 is 2.64 bits per heavy atom. The molecule has 1 aromatic rings. The second-order valence-electron chi connectivity index (χ2n) is 2.96. The Balaban J connectivity index is 2.50. The van der Waals surface area contributed by atoms with Crippen LogP contribution in [0.1, 0.15) is 5.56 Å². The monoisotopic (exact) mass is 202 g/mol. The number of hydrogen-bond acceptors (Lipinski definition) is 3. The number of rotatable bonds is 1. The molecule has 0 N–H and O–H groups in total. The molecule has 1 aromatic carbocycles. The van der Waals surface area contributed by atoms with Crippen molar-refractivity contribution in [1.29, 1.82) is 0 Å². The maximum absolute atomic E-state index is 12.7. The van der Waals surface area contributed by atoms with E-state index in [0.29, 0.717) is 0 Å². The molecular weight excluding hydrogens is 194 g/mol. The van der Waals surface area contributed by atoms with Crippen LogP contribution in [0.2, 0.25) is 0 Å². The summed E-state index contributed by atoms with van der Waals surface area (Å²) in [5.41, 5.74) is 0.766. The number of fused-ring (bicyclic) bond motifs is 1. The Kier molecular flexibility index (Phi) is 1.77. The minimum Gasteiger partial charge on any atom is -0.493 e. The molecule has 0 saturated carbocycles. The lowest BCUT2D eigenvalue weighted by Crippen LogP contribution is -2.26. The van der Waals surface area contributed by atoms with Crippen molar-refractivity contribution in [3.8, 4) is 17.2 Å². The zero-order valence-electron chi connectivity index (χ0n) is 7.64. The first-order valence-electron chi connectivity index (χ1n) is 3.96. The number of ether oxygens (including phenoxy) is 3. The molecule has 0 unspecified atom stereocenters. The fourth-order valence-electron chi connectivity index (χ4n) is 1.30. The molecule has 5 heteroatoms. The van der Waals surface area contributed by atoms with Crippen LogP contribution in [0.15, 0.2) is 12.1 Å². The van der Waals surface area contributed by atoms with Gasteiger partial charge >= 0.3 is 6.29 Å². The molecule has 0 fully saturated rings. The Bertz CT molecular complexity index is 377. The van der Waals surface area contributed by atoms with Crippen LogP contribution in [0.4, 0.5) is 8.78 Å². The average Bonchev–Trinajstić information content (AvgIpc) is 2.37. The molecule has 0 spiro atoms. The van der Waals surface area contributed by atoms with Gasteiger partial charge in [0.25, 0.3) is 0 Å². The quantitative estimate of drug-likeness (QED) is 0.699. The summed E-state index contributed by atoms with van der Waals surface area (Å²) < 4.78 is 38.8. The van der Waals surface area contributed by atoms with E-state index in [9.17, 15) is 8.78 Å². The molecular formula is C9H8F2O3. The largest absolute Gasteiger partial charge is 0.586 e. The standard InChI is InChI=1S/C9H8F2O3/c1-5-3-6(12-2)8-7(4-5)13-9(10,11)14-8/h3-4H,1-2H3. The van der Waals surface area contributed by atoms with Gasteiger partial charge in [-0.1, -0.05) is 0 Å². The summed E-state index contributed by atoms with van der Waals surface area (Å²) in [6.45, 7) is 1.75. The molecule has 0 saturated heterocycles. The highest BCUT2D eigenvalue weighted by atomic mass is 19.3. The smallest absolute Gasteiger partial charge is 0.493 e. The topological polar surface area (TPSA) is 27.7 Å². The second-order valence-corrected chi connectivity index (χ2v) is 2.96. The first-order chi connectivity index (χ1) is 6.52. The fourth-order valence-corrected chi connectivity index (χ4v) is 1.30. The number of benzene rings is 1. The SMILES string of the molecule is COc1cc(C)cc2c1OC(F)(F)O2. The fraction of sp³-hybridized carbons (Fsp3) is 0.333. The summed E-state index contributed by atoms with van der Waals surface area (Å²) >= 11 is 0. The van der Waals surface area contributed by atoms with E-state index >= 15 is 0 Å². The molecule has 14 heavy (non-hydrogen) atoms. The lowest BCUT2D eigenvalue weighted by atomic mass is 10.2. The maximum atomic E-state index is 12.7. The molecule has 0 aromatic heterocycles. The lowest BCUT2D eigenvalue weighted by molar-refractivity contribution is -0.287. The molecule has 2 rings (SSSR count). The molecule has 0 amide bonds. The summed E-state index contributed by atoms with van der Waals surface area (Å²) in [6, 6.07) is 3.07. The predicted octanol–water partition coefficient (Wildman–Crippen LogP) is 2.33.